The molecule has 1 amide bonds. The molecule has 1 atom stereocenters. The summed E-state index contributed by atoms with van der Waals surface area (Å²) in [6, 6.07) is 0. The van der Waals surface area contributed by atoms with Gasteiger partial charge in [0.1, 0.15) is 0 Å². The zero-order chi connectivity index (χ0) is 13.9. The standard InChI is InChI=1S/C14H24N4O/c1-10-11(8-17-18-10)7-16-13(19)14(2,3)12-5-4-6-15-9-12/h8,12,15H,4-7,9H2,1-3H3,(H,16,19)(H,17,18). The molecule has 1 unspecified atom stereocenters. The molecule has 0 aliphatic carbocycles. The van der Waals surface area contributed by atoms with Crippen LogP contribution in [-0.4, -0.2) is 29.2 Å². The summed E-state index contributed by atoms with van der Waals surface area (Å²) in [5.74, 6) is 0.536. The second kappa shape index (κ2) is 5.74. The van der Waals surface area contributed by atoms with E-state index < -0.39 is 0 Å². The highest BCUT2D eigenvalue weighted by atomic mass is 16.2. The molecule has 0 saturated carbocycles. The molecule has 5 nitrogen and oxygen atoms in total. The van der Waals surface area contributed by atoms with E-state index in [0.29, 0.717) is 12.5 Å². The Bertz CT molecular complexity index is 432. The minimum absolute atomic E-state index is 0.127. The van der Waals surface area contributed by atoms with Crippen LogP contribution >= 0.6 is 0 Å². The van der Waals surface area contributed by atoms with Gasteiger partial charge in [0.25, 0.3) is 0 Å². The largest absolute Gasteiger partial charge is 0.351 e. The zero-order valence-corrected chi connectivity index (χ0v) is 12.0. The van der Waals surface area contributed by atoms with Gasteiger partial charge in [-0.1, -0.05) is 13.8 Å². The van der Waals surface area contributed by atoms with Gasteiger partial charge in [0.2, 0.25) is 5.91 Å². The van der Waals surface area contributed by atoms with Crippen LogP contribution in [0, 0.1) is 18.3 Å². The smallest absolute Gasteiger partial charge is 0.226 e. The summed E-state index contributed by atoms with van der Waals surface area (Å²) in [5.41, 5.74) is 1.73. The first kappa shape index (κ1) is 14.1. The SMILES string of the molecule is Cc1[nH]ncc1CNC(=O)C(C)(C)C1CCCNC1. The Kier molecular flexibility index (Phi) is 4.24. The molecular formula is C14H24N4O. The molecule has 1 aliphatic rings. The molecule has 1 aliphatic heterocycles. The van der Waals surface area contributed by atoms with Crippen molar-refractivity contribution in [2.45, 2.75) is 40.2 Å². The van der Waals surface area contributed by atoms with Crippen molar-refractivity contribution in [3.63, 3.8) is 0 Å². The Morgan fingerprint density at radius 3 is 2.95 bits per heavy atom. The van der Waals surface area contributed by atoms with E-state index in [1.165, 1.54) is 0 Å². The number of aromatic amines is 1. The fraction of sp³-hybridized carbons (Fsp3) is 0.714. The molecule has 5 heteroatoms. The Balaban J connectivity index is 1.92. The highest BCUT2D eigenvalue weighted by Gasteiger charge is 2.37. The van der Waals surface area contributed by atoms with Crippen LogP contribution in [0.3, 0.4) is 0 Å². The van der Waals surface area contributed by atoms with Crippen LogP contribution in [-0.2, 0) is 11.3 Å². The molecule has 1 aromatic rings. The van der Waals surface area contributed by atoms with Gasteiger partial charge >= 0.3 is 0 Å². The molecular weight excluding hydrogens is 240 g/mol. The van der Waals surface area contributed by atoms with Gasteiger partial charge in [-0.3, -0.25) is 9.89 Å². The molecule has 2 rings (SSSR count). The molecule has 2 heterocycles. The van der Waals surface area contributed by atoms with Crippen LogP contribution in [0.2, 0.25) is 0 Å². The molecule has 0 spiro atoms. The monoisotopic (exact) mass is 264 g/mol. The highest BCUT2D eigenvalue weighted by molar-refractivity contribution is 5.82. The van der Waals surface area contributed by atoms with Crippen molar-refractivity contribution in [3.05, 3.63) is 17.5 Å². The number of aryl methyl sites for hydroxylation is 1. The Hall–Kier alpha value is -1.36. The lowest BCUT2D eigenvalue weighted by molar-refractivity contribution is -0.132. The first-order valence-corrected chi connectivity index (χ1v) is 6.99. The van der Waals surface area contributed by atoms with Gasteiger partial charge < -0.3 is 10.6 Å². The van der Waals surface area contributed by atoms with Crippen LogP contribution in [0.5, 0.6) is 0 Å². The van der Waals surface area contributed by atoms with E-state index in [1.54, 1.807) is 6.20 Å². The molecule has 19 heavy (non-hydrogen) atoms. The molecule has 0 aromatic carbocycles. The maximum absolute atomic E-state index is 12.4. The van der Waals surface area contributed by atoms with Gasteiger partial charge in [0.05, 0.1) is 6.20 Å². The molecule has 1 saturated heterocycles. The topological polar surface area (TPSA) is 69.8 Å². The summed E-state index contributed by atoms with van der Waals surface area (Å²) in [4.78, 5) is 12.4. The summed E-state index contributed by atoms with van der Waals surface area (Å²) in [7, 11) is 0. The maximum atomic E-state index is 12.4. The molecule has 106 valence electrons. The van der Waals surface area contributed by atoms with E-state index in [9.17, 15) is 4.79 Å². The minimum atomic E-state index is -0.328. The number of hydrogen-bond donors (Lipinski definition) is 3. The first-order chi connectivity index (χ1) is 9.01. The highest BCUT2D eigenvalue weighted by Crippen LogP contribution is 2.31. The molecule has 1 fully saturated rings. The number of nitrogens with one attached hydrogen (secondary N) is 3. The fourth-order valence-corrected chi connectivity index (χ4v) is 2.61. The van der Waals surface area contributed by atoms with E-state index in [0.717, 1.165) is 37.2 Å². The van der Waals surface area contributed by atoms with Crippen LogP contribution < -0.4 is 10.6 Å². The van der Waals surface area contributed by atoms with Crippen molar-refractivity contribution < 1.29 is 4.79 Å². The summed E-state index contributed by atoms with van der Waals surface area (Å²) in [5, 5.41) is 13.3. The molecule has 3 N–H and O–H groups in total. The van der Waals surface area contributed by atoms with Gasteiger partial charge in [0, 0.05) is 23.2 Å². The second-order valence-electron chi connectivity index (χ2n) is 5.97. The van der Waals surface area contributed by atoms with Crippen molar-refractivity contribution in [3.8, 4) is 0 Å². The lowest BCUT2D eigenvalue weighted by Gasteiger charge is -2.36. The maximum Gasteiger partial charge on any atom is 0.226 e. The van der Waals surface area contributed by atoms with Gasteiger partial charge in [0.15, 0.2) is 0 Å². The number of hydrogen-bond acceptors (Lipinski definition) is 3. The Morgan fingerprint density at radius 1 is 1.58 bits per heavy atom. The lowest BCUT2D eigenvalue weighted by Crippen LogP contribution is -2.47. The van der Waals surface area contributed by atoms with Gasteiger partial charge in [-0.2, -0.15) is 5.10 Å². The summed E-state index contributed by atoms with van der Waals surface area (Å²) >= 11 is 0. The van der Waals surface area contributed by atoms with Crippen molar-refractivity contribution in [1.82, 2.24) is 20.8 Å². The van der Waals surface area contributed by atoms with Crippen LogP contribution in [0.25, 0.3) is 0 Å². The fourth-order valence-electron chi connectivity index (χ4n) is 2.61. The Labute approximate surface area is 114 Å². The Morgan fingerprint density at radius 2 is 2.37 bits per heavy atom. The molecule has 0 radical (unpaired) electrons. The van der Waals surface area contributed by atoms with Crippen molar-refractivity contribution in [2.75, 3.05) is 13.1 Å². The average molecular weight is 264 g/mol. The van der Waals surface area contributed by atoms with Crippen molar-refractivity contribution in [2.24, 2.45) is 11.3 Å². The third kappa shape index (κ3) is 3.15. The quantitative estimate of drug-likeness (QED) is 0.769. The summed E-state index contributed by atoms with van der Waals surface area (Å²) in [6.07, 6.45) is 4.05. The number of carbonyl (C=O) groups excluding carboxylic acids is 1. The van der Waals surface area contributed by atoms with Gasteiger partial charge in [-0.15, -0.1) is 0 Å². The number of carbonyl (C=O) groups is 1. The molecule has 1 aromatic heterocycles. The number of nitrogens with zero attached hydrogens (tertiary/aromatic N) is 1. The average Bonchev–Trinajstić information content (AvgIpc) is 2.82. The summed E-state index contributed by atoms with van der Waals surface area (Å²) < 4.78 is 0. The van der Waals surface area contributed by atoms with E-state index in [1.807, 2.05) is 20.8 Å². The second-order valence-corrected chi connectivity index (χ2v) is 5.97. The zero-order valence-electron chi connectivity index (χ0n) is 12.0. The van der Waals surface area contributed by atoms with Crippen molar-refractivity contribution >= 4 is 5.91 Å². The van der Waals surface area contributed by atoms with Crippen LogP contribution in [0.15, 0.2) is 6.20 Å². The van der Waals surface area contributed by atoms with Crippen LogP contribution in [0.4, 0.5) is 0 Å². The predicted octanol–water partition coefficient (Wildman–Crippen LogP) is 1.36. The number of rotatable bonds is 4. The third-order valence-electron chi connectivity index (χ3n) is 4.28. The molecule has 0 bridgehead atoms. The minimum Gasteiger partial charge on any atom is -0.351 e. The third-order valence-corrected chi connectivity index (χ3v) is 4.28. The van der Waals surface area contributed by atoms with E-state index >= 15 is 0 Å². The van der Waals surface area contributed by atoms with Gasteiger partial charge in [-0.25, -0.2) is 0 Å². The number of amides is 1. The lowest BCUT2D eigenvalue weighted by atomic mass is 9.74. The normalized spacial score (nSPS) is 20.3. The summed E-state index contributed by atoms with van der Waals surface area (Å²) in [6.45, 7) is 8.60. The van der Waals surface area contributed by atoms with E-state index in [4.69, 9.17) is 0 Å². The number of H-pyrrole nitrogens is 1. The van der Waals surface area contributed by atoms with E-state index in [-0.39, 0.29) is 11.3 Å². The predicted molar refractivity (Wildman–Crippen MR) is 74.5 cm³/mol. The number of aromatic nitrogens is 2. The van der Waals surface area contributed by atoms with Crippen molar-refractivity contribution in [1.29, 1.82) is 0 Å². The first-order valence-electron chi connectivity index (χ1n) is 6.99. The number of piperidine rings is 1. The van der Waals surface area contributed by atoms with Crippen LogP contribution in [0.1, 0.15) is 37.9 Å². The van der Waals surface area contributed by atoms with Gasteiger partial charge in [-0.05, 0) is 38.8 Å². The van der Waals surface area contributed by atoms with E-state index in [2.05, 4.69) is 20.8 Å².